The van der Waals surface area contributed by atoms with Gasteiger partial charge in [0.25, 0.3) is 5.91 Å². The molecule has 0 heterocycles. The smallest absolute Gasteiger partial charge is 0.271 e. The number of nitrogens with one attached hydrogen (secondary N) is 1. The first kappa shape index (κ1) is 18.7. The van der Waals surface area contributed by atoms with Crippen LogP contribution in [0.4, 0.5) is 0 Å². The van der Waals surface area contributed by atoms with Crippen LogP contribution in [0.25, 0.3) is 0 Å². The van der Waals surface area contributed by atoms with Gasteiger partial charge in [-0.3, -0.25) is 4.79 Å². The predicted molar refractivity (Wildman–Crippen MR) is 102 cm³/mol. The lowest BCUT2D eigenvalue weighted by atomic mass is 10.2. The molecular weight excluding hydrogens is 312 g/mol. The highest BCUT2D eigenvalue weighted by Gasteiger charge is 2.04. The summed E-state index contributed by atoms with van der Waals surface area (Å²) in [5.74, 6) is 0.551. The number of rotatable bonds is 9. The summed E-state index contributed by atoms with van der Waals surface area (Å²) in [6.45, 7) is 4.92. The molecule has 0 fully saturated rings. The van der Waals surface area contributed by atoms with Crippen molar-refractivity contribution in [3.8, 4) is 5.75 Å². The molecule has 4 nitrogen and oxygen atoms in total. The minimum atomic E-state index is -0.238. The van der Waals surface area contributed by atoms with Crippen LogP contribution in [0.2, 0.25) is 0 Å². The second kappa shape index (κ2) is 10.3. The highest BCUT2D eigenvalue weighted by atomic mass is 16.5. The van der Waals surface area contributed by atoms with Crippen LogP contribution in [0.5, 0.6) is 5.75 Å². The summed E-state index contributed by atoms with van der Waals surface area (Å²) in [7, 11) is 0. The van der Waals surface area contributed by atoms with Crippen molar-refractivity contribution in [2.75, 3.05) is 6.61 Å². The van der Waals surface area contributed by atoms with E-state index >= 15 is 0 Å². The van der Waals surface area contributed by atoms with Gasteiger partial charge in [-0.1, -0.05) is 56.0 Å². The number of hydrogen-bond acceptors (Lipinski definition) is 3. The van der Waals surface area contributed by atoms with Crippen LogP contribution in [-0.2, 0) is 0 Å². The van der Waals surface area contributed by atoms with Gasteiger partial charge in [0, 0.05) is 5.56 Å². The topological polar surface area (TPSA) is 50.7 Å². The summed E-state index contributed by atoms with van der Waals surface area (Å²) in [6, 6.07) is 15.1. The first-order chi connectivity index (χ1) is 12.2. The zero-order valence-electron chi connectivity index (χ0n) is 15.0. The number of hydrogen-bond donors (Lipinski definition) is 1. The minimum absolute atomic E-state index is 0.238. The second-order valence-electron chi connectivity index (χ2n) is 6.05. The third-order valence-electron chi connectivity index (χ3n) is 3.80. The summed E-state index contributed by atoms with van der Waals surface area (Å²) in [5, 5.41) is 4.00. The number of hydrazone groups is 1. The summed E-state index contributed by atoms with van der Waals surface area (Å²) in [6.07, 6.45) is 6.35. The first-order valence-corrected chi connectivity index (χ1v) is 8.82. The Bertz CT molecular complexity index is 693. The molecule has 1 N–H and O–H groups in total. The van der Waals surface area contributed by atoms with Gasteiger partial charge in [0.15, 0.2) is 0 Å². The quantitative estimate of drug-likeness (QED) is 0.409. The Morgan fingerprint density at radius 2 is 1.92 bits per heavy atom. The molecule has 0 bridgehead atoms. The molecule has 2 aromatic rings. The van der Waals surface area contributed by atoms with Crippen LogP contribution in [0.15, 0.2) is 53.6 Å². The first-order valence-electron chi connectivity index (χ1n) is 8.82. The van der Waals surface area contributed by atoms with Crippen molar-refractivity contribution in [3.05, 3.63) is 65.2 Å². The lowest BCUT2D eigenvalue weighted by molar-refractivity contribution is 0.0955. The average Bonchev–Trinajstić information content (AvgIpc) is 2.62. The zero-order chi connectivity index (χ0) is 17.9. The van der Waals surface area contributed by atoms with Gasteiger partial charge >= 0.3 is 0 Å². The maximum absolute atomic E-state index is 12.1. The van der Waals surface area contributed by atoms with Crippen molar-refractivity contribution < 1.29 is 9.53 Å². The number of carbonyl (C=O) groups is 1. The van der Waals surface area contributed by atoms with Gasteiger partial charge in [-0.25, -0.2) is 5.43 Å². The molecule has 25 heavy (non-hydrogen) atoms. The van der Waals surface area contributed by atoms with Gasteiger partial charge in [-0.05, 0) is 43.2 Å². The maximum atomic E-state index is 12.1. The largest absolute Gasteiger partial charge is 0.494 e. The van der Waals surface area contributed by atoms with E-state index in [1.807, 2.05) is 43.3 Å². The monoisotopic (exact) mass is 338 g/mol. The Labute approximate surface area is 149 Å². The average molecular weight is 338 g/mol. The van der Waals surface area contributed by atoms with E-state index in [0.717, 1.165) is 23.3 Å². The van der Waals surface area contributed by atoms with E-state index in [-0.39, 0.29) is 5.91 Å². The second-order valence-corrected chi connectivity index (χ2v) is 6.05. The van der Waals surface area contributed by atoms with Crippen LogP contribution in [0.1, 0.15) is 54.1 Å². The molecule has 4 heteroatoms. The molecule has 2 aromatic carbocycles. The summed E-state index contributed by atoms with van der Waals surface area (Å²) >= 11 is 0. The molecule has 0 aliphatic rings. The maximum Gasteiger partial charge on any atom is 0.271 e. The Kier molecular flexibility index (Phi) is 7.70. The summed E-state index contributed by atoms with van der Waals surface area (Å²) in [5.41, 5.74) is 5.20. The Balaban J connectivity index is 1.79. The number of unbranched alkanes of at least 4 members (excludes halogenated alkanes) is 3. The van der Waals surface area contributed by atoms with Crippen LogP contribution in [0, 0.1) is 6.92 Å². The fraction of sp³-hybridized carbons (Fsp3) is 0.333. The van der Waals surface area contributed by atoms with Crippen molar-refractivity contribution in [1.29, 1.82) is 0 Å². The molecule has 0 aliphatic heterocycles. The van der Waals surface area contributed by atoms with Crippen LogP contribution >= 0.6 is 0 Å². The standard InChI is InChI=1S/C21H26N2O2/c1-3-4-5-6-14-25-20-12-10-19(11-13-20)21(24)23-22-16-18-9-7-8-17(2)15-18/h7-13,15-16H,3-6,14H2,1-2H3,(H,23,24). The van der Waals surface area contributed by atoms with Crippen LogP contribution in [-0.4, -0.2) is 18.7 Å². The fourth-order valence-corrected chi connectivity index (χ4v) is 2.40. The van der Waals surface area contributed by atoms with E-state index in [2.05, 4.69) is 17.5 Å². The molecule has 0 aliphatic carbocycles. The SMILES string of the molecule is CCCCCCOc1ccc(C(=O)NN=Cc2cccc(C)c2)cc1. The van der Waals surface area contributed by atoms with Crippen LogP contribution < -0.4 is 10.2 Å². The number of carbonyl (C=O) groups excluding carboxylic acids is 1. The van der Waals surface area contributed by atoms with Crippen molar-refractivity contribution in [1.82, 2.24) is 5.43 Å². The number of amides is 1. The van der Waals surface area contributed by atoms with Gasteiger partial charge in [0.2, 0.25) is 0 Å². The van der Waals surface area contributed by atoms with Gasteiger partial charge in [0.05, 0.1) is 12.8 Å². The predicted octanol–water partition coefficient (Wildman–Crippen LogP) is 4.72. The van der Waals surface area contributed by atoms with Gasteiger partial charge < -0.3 is 4.74 Å². The minimum Gasteiger partial charge on any atom is -0.494 e. The molecule has 0 unspecified atom stereocenters. The molecule has 132 valence electrons. The van der Waals surface area contributed by atoms with Crippen molar-refractivity contribution >= 4 is 12.1 Å². The third kappa shape index (κ3) is 6.79. The van der Waals surface area contributed by atoms with E-state index in [9.17, 15) is 4.79 Å². The van der Waals surface area contributed by atoms with E-state index in [1.54, 1.807) is 18.3 Å². The highest BCUT2D eigenvalue weighted by Crippen LogP contribution is 2.13. The Morgan fingerprint density at radius 1 is 1.12 bits per heavy atom. The highest BCUT2D eigenvalue weighted by molar-refractivity contribution is 5.95. The summed E-state index contributed by atoms with van der Waals surface area (Å²) in [4.78, 5) is 12.1. The van der Waals surface area contributed by atoms with Gasteiger partial charge in [-0.2, -0.15) is 5.10 Å². The number of nitrogens with zero attached hydrogens (tertiary/aromatic N) is 1. The van der Waals surface area contributed by atoms with E-state index < -0.39 is 0 Å². The number of aryl methyl sites for hydroxylation is 1. The molecule has 1 amide bonds. The van der Waals surface area contributed by atoms with Gasteiger partial charge in [-0.15, -0.1) is 0 Å². The normalized spacial score (nSPS) is 10.8. The van der Waals surface area contributed by atoms with Crippen LogP contribution in [0.3, 0.4) is 0 Å². The van der Waals surface area contributed by atoms with E-state index in [1.165, 1.54) is 19.3 Å². The fourth-order valence-electron chi connectivity index (χ4n) is 2.40. The molecule has 0 saturated carbocycles. The molecule has 0 atom stereocenters. The lowest BCUT2D eigenvalue weighted by Crippen LogP contribution is -2.17. The molecule has 0 radical (unpaired) electrons. The molecule has 2 rings (SSSR count). The molecular formula is C21H26N2O2. The molecule has 0 saturated heterocycles. The van der Waals surface area contributed by atoms with E-state index in [4.69, 9.17) is 4.74 Å². The number of benzene rings is 2. The molecule has 0 spiro atoms. The third-order valence-corrected chi connectivity index (χ3v) is 3.80. The Morgan fingerprint density at radius 3 is 2.64 bits per heavy atom. The zero-order valence-corrected chi connectivity index (χ0v) is 15.0. The number of ether oxygens (including phenoxy) is 1. The summed E-state index contributed by atoms with van der Waals surface area (Å²) < 4.78 is 5.68. The van der Waals surface area contributed by atoms with Gasteiger partial charge in [0.1, 0.15) is 5.75 Å². The van der Waals surface area contributed by atoms with Crippen molar-refractivity contribution in [3.63, 3.8) is 0 Å². The Hall–Kier alpha value is -2.62. The van der Waals surface area contributed by atoms with Crippen molar-refractivity contribution in [2.45, 2.75) is 39.5 Å². The van der Waals surface area contributed by atoms with E-state index in [0.29, 0.717) is 12.2 Å². The van der Waals surface area contributed by atoms with Crippen molar-refractivity contribution in [2.24, 2.45) is 5.10 Å². The molecule has 0 aromatic heterocycles. The lowest BCUT2D eigenvalue weighted by Gasteiger charge is -2.06.